The van der Waals surface area contributed by atoms with Gasteiger partial charge in [0.1, 0.15) is 18.1 Å². The Hall–Kier alpha value is -1.09. The Morgan fingerprint density at radius 2 is 2.50 bits per heavy atom. The summed E-state index contributed by atoms with van der Waals surface area (Å²) in [5.74, 6) is 1.24. The standard InChI is InChI=1S/C7H9NO2/c1-8-4-6-2-3-7(5-9)10-6/h2-4,9H,5H2,1H3/b8-4+. The van der Waals surface area contributed by atoms with Gasteiger partial charge >= 0.3 is 0 Å². The molecule has 0 aliphatic heterocycles. The lowest BCUT2D eigenvalue weighted by atomic mass is 10.4. The van der Waals surface area contributed by atoms with Gasteiger partial charge in [-0.2, -0.15) is 0 Å². The van der Waals surface area contributed by atoms with E-state index in [1.807, 2.05) is 0 Å². The summed E-state index contributed by atoms with van der Waals surface area (Å²) in [4.78, 5) is 3.75. The van der Waals surface area contributed by atoms with E-state index >= 15 is 0 Å². The maximum absolute atomic E-state index is 8.58. The smallest absolute Gasteiger partial charge is 0.144 e. The third-order valence-corrected chi connectivity index (χ3v) is 1.09. The Morgan fingerprint density at radius 1 is 1.70 bits per heavy atom. The highest BCUT2D eigenvalue weighted by molar-refractivity contribution is 5.75. The van der Waals surface area contributed by atoms with Crippen LogP contribution in [0, 0.1) is 0 Å². The quantitative estimate of drug-likeness (QED) is 0.616. The summed E-state index contributed by atoms with van der Waals surface area (Å²) in [6, 6.07) is 3.48. The van der Waals surface area contributed by atoms with E-state index in [1.165, 1.54) is 0 Å². The predicted octanol–water partition coefficient (Wildman–Crippen LogP) is 0.821. The third-order valence-electron chi connectivity index (χ3n) is 1.09. The van der Waals surface area contributed by atoms with Gasteiger partial charge in [-0.15, -0.1) is 0 Å². The number of rotatable bonds is 2. The van der Waals surface area contributed by atoms with Gasteiger partial charge in [0.05, 0.1) is 6.21 Å². The summed E-state index contributed by atoms with van der Waals surface area (Å²) in [6.07, 6.45) is 1.60. The van der Waals surface area contributed by atoms with Crippen LogP contribution in [0.15, 0.2) is 21.5 Å². The minimum Gasteiger partial charge on any atom is -0.458 e. The molecule has 0 saturated carbocycles. The summed E-state index contributed by atoms with van der Waals surface area (Å²) < 4.78 is 5.07. The van der Waals surface area contributed by atoms with E-state index in [4.69, 9.17) is 9.52 Å². The van der Waals surface area contributed by atoms with Crippen molar-refractivity contribution in [2.75, 3.05) is 7.05 Å². The molecule has 0 atom stereocenters. The fraction of sp³-hybridized carbons (Fsp3) is 0.286. The molecule has 3 nitrogen and oxygen atoms in total. The normalized spacial score (nSPS) is 11.0. The van der Waals surface area contributed by atoms with Crippen molar-refractivity contribution in [2.24, 2.45) is 4.99 Å². The summed E-state index contributed by atoms with van der Waals surface area (Å²) in [5.41, 5.74) is 0. The lowest BCUT2D eigenvalue weighted by Crippen LogP contribution is -1.75. The molecule has 1 aromatic heterocycles. The first-order chi connectivity index (χ1) is 4.86. The van der Waals surface area contributed by atoms with Crippen LogP contribution in [0.1, 0.15) is 11.5 Å². The highest BCUT2D eigenvalue weighted by atomic mass is 16.4. The Morgan fingerprint density at radius 3 is 3.00 bits per heavy atom. The molecule has 0 aliphatic rings. The highest BCUT2D eigenvalue weighted by Gasteiger charge is 1.95. The molecule has 10 heavy (non-hydrogen) atoms. The van der Waals surface area contributed by atoms with Crippen molar-refractivity contribution in [2.45, 2.75) is 6.61 Å². The van der Waals surface area contributed by atoms with Crippen LogP contribution in [0.2, 0.25) is 0 Å². The first-order valence-electron chi connectivity index (χ1n) is 2.98. The minimum absolute atomic E-state index is 0.0580. The topological polar surface area (TPSA) is 45.7 Å². The molecule has 0 aromatic carbocycles. The molecule has 1 N–H and O–H groups in total. The lowest BCUT2D eigenvalue weighted by molar-refractivity contribution is 0.247. The summed E-state index contributed by atoms with van der Waals surface area (Å²) >= 11 is 0. The van der Waals surface area contributed by atoms with Crippen LogP contribution in [0.3, 0.4) is 0 Å². The van der Waals surface area contributed by atoms with Gasteiger partial charge in [0.2, 0.25) is 0 Å². The molecule has 1 heterocycles. The van der Waals surface area contributed by atoms with Crippen LogP contribution in [0.25, 0.3) is 0 Å². The number of hydrogen-bond donors (Lipinski definition) is 1. The lowest BCUT2D eigenvalue weighted by Gasteiger charge is -1.84. The average Bonchev–Trinajstić information content (AvgIpc) is 2.37. The number of hydrogen-bond acceptors (Lipinski definition) is 3. The molecule has 0 saturated heterocycles. The van der Waals surface area contributed by atoms with Gasteiger partial charge in [0.15, 0.2) is 0 Å². The Kier molecular flexibility index (Phi) is 2.23. The van der Waals surface area contributed by atoms with Gasteiger partial charge in [0, 0.05) is 7.05 Å². The average molecular weight is 139 g/mol. The second kappa shape index (κ2) is 3.17. The predicted molar refractivity (Wildman–Crippen MR) is 38.1 cm³/mol. The largest absolute Gasteiger partial charge is 0.458 e. The van der Waals surface area contributed by atoms with Gasteiger partial charge in [-0.3, -0.25) is 4.99 Å². The summed E-state index contributed by atoms with van der Waals surface area (Å²) in [5, 5.41) is 8.58. The molecule has 0 spiro atoms. The molecule has 0 radical (unpaired) electrons. The zero-order valence-corrected chi connectivity index (χ0v) is 5.74. The molecule has 0 bridgehead atoms. The van der Waals surface area contributed by atoms with Crippen LogP contribution in [0.4, 0.5) is 0 Å². The molecule has 1 rings (SSSR count). The van der Waals surface area contributed by atoms with Crippen LogP contribution < -0.4 is 0 Å². The van der Waals surface area contributed by atoms with E-state index in [-0.39, 0.29) is 6.61 Å². The van der Waals surface area contributed by atoms with Crippen LogP contribution in [-0.4, -0.2) is 18.4 Å². The molecular formula is C7H9NO2. The molecular weight excluding hydrogens is 130 g/mol. The van der Waals surface area contributed by atoms with Crippen molar-refractivity contribution >= 4 is 6.21 Å². The van der Waals surface area contributed by atoms with Crippen molar-refractivity contribution in [1.29, 1.82) is 0 Å². The second-order valence-corrected chi connectivity index (χ2v) is 1.85. The zero-order chi connectivity index (χ0) is 7.40. The number of aliphatic hydroxyl groups excluding tert-OH is 1. The van der Waals surface area contributed by atoms with Crippen molar-refractivity contribution in [3.8, 4) is 0 Å². The number of nitrogens with zero attached hydrogens (tertiary/aromatic N) is 1. The van der Waals surface area contributed by atoms with E-state index in [0.717, 1.165) is 0 Å². The Bertz CT molecular complexity index is 227. The van der Waals surface area contributed by atoms with Gasteiger partial charge in [0.25, 0.3) is 0 Å². The molecule has 54 valence electrons. The SMILES string of the molecule is C/N=C/c1ccc(CO)o1. The Labute approximate surface area is 59.0 Å². The van der Waals surface area contributed by atoms with Gasteiger partial charge in [-0.1, -0.05) is 0 Å². The van der Waals surface area contributed by atoms with Crippen molar-refractivity contribution in [3.05, 3.63) is 23.7 Å². The summed E-state index contributed by atoms with van der Waals surface area (Å²) in [7, 11) is 1.67. The third kappa shape index (κ3) is 1.45. The monoisotopic (exact) mass is 139 g/mol. The molecule has 0 aliphatic carbocycles. The molecule has 1 aromatic rings. The van der Waals surface area contributed by atoms with Crippen LogP contribution >= 0.6 is 0 Å². The first kappa shape index (κ1) is 7.02. The highest BCUT2D eigenvalue weighted by Crippen LogP contribution is 2.04. The maximum Gasteiger partial charge on any atom is 0.144 e. The molecule has 0 unspecified atom stereocenters. The van der Waals surface area contributed by atoms with Gasteiger partial charge in [-0.05, 0) is 12.1 Å². The number of aliphatic imine (C=N–C) groups is 1. The van der Waals surface area contributed by atoms with Crippen molar-refractivity contribution in [3.63, 3.8) is 0 Å². The van der Waals surface area contributed by atoms with Gasteiger partial charge < -0.3 is 9.52 Å². The second-order valence-electron chi connectivity index (χ2n) is 1.85. The van der Waals surface area contributed by atoms with E-state index < -0.39 is 0 Å². The molecule has 0 fully saturated rings. The fourth-order valence-electron chi connectivity index (χ4n) is 0.676. The van der Waals surface area contributed by atoms with E-state index in [1.54, 1.807) is 25.4 Å². The van der Waals surface area contributed by atoms with Gasteiger partial charge in [-0.25, -0.2) is 0 Å². The van der Waals surface area contributed by atoms with Crippen molar-refractivity contribution < 1.29 is 9.52 Å². The van der Waals surface area contributed by atoms with E-state index in [9.17, 15) is 0 Å². The zero-order valence-electron chi connectivity index (χ0n) is 5.74. The maximum atomic E-state index is 8.58. The van der Waals surface area contributed by atoms with Crippen LogP contribution in [0.5, 0.6) is 0 Å². The minimum atomic E-state index is -0.0580. The molecule has 0 amide bonds. The van der Waals surface area contributed by atoms with Crippen molar-refractivity contribution in [1.82, 2.24) is 0 Å². The molecule has 3 heteroatoms. The number of aliphatic hydroxyl groups is 1. The van der Waals surface area contributed by atoms with E-state index in [2.05, 4.69) is 4.99 Å². The number of furan rings is 1. The van der Waals surface area contributed by atoms with Crippen LogP contribution in [-0.2, 0) is 6.61 Å². The van der Waals surface area contributed by atoms with E-state index in [0.29, 0.717) is 11.5 Å². The first-order valence-corrected chi connectivity index (χ1v) is 2.98. The Balaban J connectivity index is 2.78. The summed E-state index contributed by atoms with van der Waals surface area (Å²) in [6.45, 7) is -0.0580. The fourth-order valence-corrected chi connectivity index (χ4v) is 0.676.